The number of fused-ring (bicyclic) bond motifs is 2. The number of aromatic nitrogens is 1. The number of likely N-dealkylation sites (tertiary alicyclic amines) is 1. The van der Waals surface area contributed by atoms with Crippen molar-refractivity contribution in [3.8, 4) is 22.8 Å². The lowest BCUT2D eigenvalue weighted by molar-refractivity contribution is 0.0546. The molecule has 5 rings (SSSR count). The molecule has 0 aliphatic carbocycles. The molecule has 2 aliphatic heterocycles. The van der Waals surface area contributed by atoms with Crippen LogP contribution in [0.3, 0.4) is 0 Å². The fourth-order valence-corrected chi connectivity index (χ4v) is 5.74. The van der Waals surface area contributed by atoms with Gasteiger partial charge in [-0.25, -0.2) is 9.36 Å². The number of rotatable bonds is 6. The molecule has 1 unspecified atom stereocenters. The molecular formula is C28H33N3O8S. The highest BCUT2D eigenvalue weighted by atomic mass is 32.2. The van der Waals surface area contributed by atoms with E-state index in [1.807, 2.05) is 18.2 Å². The molecule has 40 heavy (non-hydrogen) atoms. The van der Waals surface area contributed by atoms with Crippen molar-refractivity contribution in [3.05, 3.63) is 47.0 Å². The molecule has 0 bridgehead atoms. The van der Waals surface area contributed by atoms with E-state index in [2.05, 4.69) is 10.2 Å². The number of ether oxygens (including phenoxy) is 2. The lowest BCUT2D eigenvalue weighted by Crippen LogP contribution is -2.27. The Hall–Kier alpha value is -3.61. The number of nitrogens with zero attached hydrogens (tertiary/aromatic N) is 2. The second kappa shape index (κ2) is 10.1. The van der Waals surface area contributed by atoms with E-state index in [0.29, 0.717) is 35.4 Å². The second-order valence-corrected chi connectivity index (χ2v) is 12.8. The zero-order valence-electron chi connectivity index (χ0n) is 23.1. The van der Waals surface area contributed by atoms with E-state index >= 15 is 0 Å². The van der Waals surface area contributed by atoms with Crippen molar-refractivity contribution in [2.75, 3.05) is 26.5 Å². The van der Waals surface area contributed by atoms with Crippen molar-refractivity contribution in [2.24, 2.45) is 0 Å². The van der Waals surface area contributed by atoms with E-state index in [1.54, 1.807) is 26.8 Å². The van der Waals surface area contributed by atoms with Crippen molar-refractivity contribution in [1.29, 1.82) is 0 Å². The summed E-state index contributed by atoms with van der Waals surface area (Å²) < 4.78 is 41.9. The number of carbonyl (C=O) groups is 2. The molecule has 1 atom stereocenters. The number of hydrogen-bond donors (Lipinski definition) is 2. The van der Waals surface area contributed by atoms with Crippen molar-refractivity contribution in [3.63, 3.8) is 0 Å². The SMILES string of the molecule is COc1cc(-c2cc3cc(CN4CCC(O)C4)ccc3n2C(=O)OC(C)(C)C)c2c(c1OS(C)(=O)=O)CNC2=O. The van der Waals surface area contributed by atoms with E-state index in [0.717, 1.165) is 30.2 Å². The number of benzene rings is 2. The highest BCUT2D eigenvalue weighted by Gasteiger charge is 2.34. The Morgan fingerprint density at radius 1 is 1.20 bits per heavy atom. The topological polar surface area (TPSA) is 136 Å². The van der Waals surface area contributed by atoms with Crippen LogP contribution in [0.1, 0.15) is 48.7 Å². The van der Waals surface area contributed by atoms with Gasteiger partial charge in [-0.3, -0.25) is 9.69 Å². The van der Waals surface area contributed by atoms with Gasteiger partial charge in [0.1, 0.15) is 5.60 Å². The van der Waals surface area contributed by atoms with Gasteiger partial charge in [0.2, 0.25) is 0 Å². The lowest BCUT2D eigenvalue weighted by Gasteiger charge is -2.22. The first-order valence-corrected chi connectivity index (χ1v) is 14.8. The van der Waals surface area contributed by atoms with Gasteiger partial charge in [0.25, 0.3) is 5.91 Å². The summed E-state index contributed by atoms with van der Waals surface area (Å²) >= 11 is 0. The molecule has 3 heterocycles. The Morgan fingerprint density at radius 2 is 1.95 bits per heavy atom. The van der Waals surface area contributed by atoms with Gasteiger partial charge in [-0.2, -0.15) is 8.42 Å². The molecule has 2 N–H and O–H groups in total. The largest absolute Gasteiger partial charge is 0.493 e. The van der Waals surface area contributed by atoms with Crippen LogP contribution in [0.4, 0.5) is 4.79 Å². The van der Waals surface area contributed by atoms with Gasteiger partial charge in [-0.15, -0.1) is 0 Å². The van der Waals surface area contributed by atoms with Crippen LogP contribution in [0.5, 0.6) is 11.5 Å². The number of hydrogen-bond acceptors (Lipinski definition) is 9. The molecular weight excluding hydrogens is 538 g/mol. The number of carbonyl (C=O) groups excluding carboxylic acids is 2. The fraction of sp³-hybridized carbons (Fsp3) is 0.429. The maximum atomic E-state index is 13.6. The number of aliphatic hydroxyl groups excluding tert-OH is 1. The van der Waals surface area contributed by atoms with E-state index in [1.165, 1.54) is 17.7 Å². The number of nitrogens with one attached hydrogen (secondary N) is 1. The maximum Gasteiger partial charge on any atom is 0.419 e. The molecule has 1 aromatic heterocycles. The first-order valence-electron chi connectivity index (χ1n) is 12.9. The minimum absolute atomic E-state index is 0.0295. The van der Waals surface area contributed by atoms with Crippen LogP contribution in [0.15, 0.2) is 30.3 Å². The predicted molar refractivity (Wildman–Crippen MR) is 148 cm³/mol. The Balaban J connectivity index is 1.71. The van der Waals surface area contributed by atoms with Crippen LogP contribution in [-0.2, 0) is 27.9 Å². The molecule has 1 fully saturated rings. The number of aliphatic hydroxyl groups is 1. The molecule has 1 amide bonds. The van der Waals surface area contributed by atoms with E-state index in [-0.39, 0.29) is 29.7 Å². The molecule has 2 aliphatic rings. The van der Waals surface area contributed by atoms with Crippen LogP contribution in [0, 0.1) is 0 Å². The molecule has 214 valence electrons. The van der Waals surface area contributed by atoms with Gasteiger partial charge in [-0.05, 0) is 57.0 Å². The Kier molecular flexibility index (Phi) is 7.05. The summed E-state index contributed by atoms with van der Waals surface area (Å²) in [6.07, 6.45) is 0.685. The molecule has 11 nitrogen and oxygen atoms in total. The minimum atomic E-state index is -3.93. The van der Waals surface area contributed by atoms with Gasteiger partial charge in [0.05, 0.1) is 36.2 Å². The third kappa shape index (κ3) is 5.51. The summed E-state index contributed by atoms with van der Waals surface area (Å²) in [5.74, 6) is -0.401. The summed E-state index contributed by atoms with van der Waals surface area (Å²) in [5, 5.41) is 13.4. The quantitative estimate of drug-likeness (QED) is 0.427. The Labute approximate surface area is 232 Å². The normalized spacial score (nSPS) is 17.6. The van der Waals surface area contributed by atoms with Crippen molar-refractivity contribution in [1.82, 2.24) is 14.8 Å². The van der Waals surface area contributed by atoms with Crippen molar-refractivity contribution in [2.45, 2.75) is 52.0 Å². The average Bonchev–Trinajstić information content (AvgIpc) is 3.54. The molecule has 2 aromatic carbocycles. The van der Waals surface area contributed by atoms with E-state index in [9.17, 15) is 23.1 Å². The molecule has 1 saturated heterocycles. The van der Waals surface area contributed by atoms with Crippen molar-refractivity contribution < 1.29 is 36.8 Å². The van der Waals surface area contributed by atoms with Gasteiger partial charge < -0.3 is 24.1 Å². The summed E-state index contributed by atoms with van der Waals surface area (Å²) in [4.78, 5) is 28.8. The molecule has 0 radical (unpaired) electrons. The monoisotopic (exact) mass is 571 g/mol. The number of amides is 1. The van der Waals surface area contributed by atoms with E-state index < -0.39 is 27.7 Å². The van der Waals surface area contributed by atoms with Crippen molar-refractivity contribution >= 4 is 33.0 Å². The summed E-state index contributed by atoms with van der Waals surface area (Å²) in [7, 11) is -2.55. The Bertz CT molecular complexity index is 1620. The first-order chi connectivity index (χ1) is 18.7. The number of β-amino-alcohol motifs (C(OH)–C–C–N with tert-alkyl or cyclic N) is 1. The highest BCUT2D eigenvalue weighted by molar-refractivity contribution is 7.86. The second-order valence-electron chi connectivity index (χ2n) is 11.2. The van der Waals surface area contributed by atoms with E-state index in [4.69, 9.17) is 13.7 Å². The highest BCUT2D eigenvalue weighted by Crippen LogP contribution is 2.44. The average molecular weight is 572 g/mol. The van der Waals surface area contributed by atoms with Gasteiger partial charge in [-0.1, -0.05) is 6.07 Å². The Morgan fingerprint density at radius 3 is 2.58 bits per heavy atom. The van der Waals surface area contributed by atoms with Gasteiger partial charge >= 0.3 is 16.2 Å². The maximum absolute atomic E-state index is 13.6. The molecule has 12 heteroatoms. The zero-order valence-corrected chi connectivity index (χ0v) is 23.9. The van der Waals surface area contributed by atoms with Crippen LogP contribution >= 0.6 is 0 Å². The number of methoxy groups -OCH3 is 1. The first kappa shape index (κ1) is 27.9. The molecule has 3 aromatic rings. The molecule has 0 saturated carbocycles. The zero-order chi connectivity index (χ0) is 29.0. The fourth-order valence-electron chi connectivity index (χ4n) is 5.25. The minimum Gasteiger partial charge on any atom is -0.493 e. The smallest absolute Gasteiger partial charge is 0.419 e. The third-order valence-corrected chi connectivity index (χ3v) is 7.29. The molecule has 0 spiro atoms. The standard InChI is InChI=1S/C28H33N3O8S/c1-28(2,3)38-27(34)31-21-7-6-16(14-30-9-8-18(32)15-30)10-17(21)11-22(31)19-12-23(37-4)25(39-40(5,35)36)20-13-29-26(33)24(19)20/h6-7,10-12,18,32H,8-9,13-15H2,1-5H3,(H,29,33). The van der Waals surface area contributed by atoms with Gasteiger partial charge in [0, 0.05) is 42.7 Å². The summed E-state index contributed by atoms with van der Waals surface area (Å²) in [6.45, 7) is 7.38. The lowest BCUT2D eigenvalue weighted by atomic mass is 9.98. The summed E-state index contributed by atoms with van der Waals surface area (Å²) in [5.41, 5.74) is 2.07. The van der Waals surface area contributed by atoms with Crippen LogP contribution in [-0.4, -0.2) is 73.2 Å². The van der Waals surface area contributed by atoms with Gasteiger partial charge in [0.15, 0.2) is 11.5 Å². The van der Waals surface area contributed by atoms with Crippen LogP contribution < -0.4 is 14.2 Å². The van der Waals surface area contributed by atoms with Crippen LogP contribution in [0.25, 0.3) is 22.2 Å². The predicted octanol–water partition coefficient (Wildman–Crippen LogP) is 3.25. The van der Waals surface area contributed by atoms with Crippen LogP contribution in [0.2, 0.25) is 0 Å². The summed E-state index contributed by atoms with van der Waals surface area (Å²) in [6, 6.07) is 9.05. The third-order valence-electron chi connectivity index (χ3n) is 6.82.